The number of carbonyl (C=O) groups excluding carboxylic acids is 3. The topological polar surface area (TPSA) is 219 Å². The fourth-order valence-electron chi connectivity index (χ4n) is 7.02. The van der Waals surface area contributed by atoms with Crippen molar-refractivity contribution in [3.8, 4) is 0 Å². The van der Waals surface area contributed by atoms with E-state index in [1.807, 2.05) is 91.0 Å². The first-order valence-corrected chi connectivity index (χ1v) is 29.5. The molecule has 13 nitrogen and oxygen atoms in total. The number of carbonyl (C=O) groups is 6. The first-order chi connectivity index (χ1) is 35.7. The quantitative estimate of drug-likeness (QED) is 0.0239. The van der Waals surface area contributed by atoms with Gasteiger partial charge >= 0.3 is 29.8 Å². The molecule has 3 aromatic rings. The Labute approximate surface area is 457 Å². The zero-order valence-corrected chi connectivity index (χ0v) is 46.6. The lowest BCUT2D eigenvalue weighted by molar-refractivity contribution is -0.146. The van der Waals surface area contributed by atoms with Crippen LogP contribution in [0.5, 0.6) is 0 Å². The molecule has 0 saturated heterocycles. The average Bonchev–Trinajstić information content (AvgIpc) is 3.37. The number of aliphatic hydroxyl groups is 1. The predicted molar refractivity (Wildman–Crippen MR) is 297 cm³/mol. The SMILES string of the molecule is O=C(Cl)CCCCCCCCCCC(=O)OCc1ccccc1.O=C(O)CCCCCCCCCCC(=O)O.O=C(O)CCCCCCCCCCC(=O)OCc1ccccc1.O=S(Cl)Cl.OCc1ccccc1. The van der Waals surface area contributed by atoms with E-state index >= 15 is 0 Å². The number of unbranched alkanes of at least 4 members (excludes halogenated alkanes) is 21. The molecule has 3 aromatic carbocycles. The van der Waals surface area contributed by atoms with Gasteiger partial charge in [-0.2, -0.15) is 0 Å². The third-order valence-electron chi connectivity index (χ3n) is 11.1. The molecule has 0 unspecified atom stereocenters. The Kier molecular flexibility index (Phi) is 53.2. The minimum Gasteiger partial charge on any atom is -0.481 e. The van der Waals surface area contributed by atoms with Gasteiger partial charge in [-0.1, -0.05) is 207 Å². The molecule has 4 N–H and O–H groups in total. The maximum Gasteiger partial charge on any atom is 0.306 e. The van der Waals surface area contributed by atoms with Crippen LogP contribution in [0.3, 0.4) is 0 Å². The molecule has 74 heavy (non-hydrogen) atoms. The van der Waals surface area contributed by atoms with E-state index in [-0.39, 0.29) is 43.1 Å². The zero-order chi connectivity index (χ0) is 55.1. The van der Waals surface area contributed by atoms with Gasteiger partial charge in [0.2, 0.25) is 14.5 Å². The highest BCUT2D eigenvalue weighted by molar-refractivity contribution is 8.26. The van der Waals surface area contributed by atoms with E-state index in [4.69, 9.17) is 45.7 Å². The van der Waals surface area contributed by atoms with Crippen molar-refractivity contribution in [2.24, 2.45) is 0 Å². The first-order valence-electron chi connectivity index (χ1n) is 26.3. The van der Waals surface area contributed by atoms with Crippen molar-refractivity contribution < 1.29 is 62.9 Å². The summed E-state index contributed by atoms with van der Waals surface area (Å²) in [5.41, 5.74) is 3.01. The van der Waals surface area contributed by atoms with Crippen LogP contribution in [0, 0.1) is 0 Å². The largest absolute Gasteiger partial charge is 0.481 e. The second-order valence-corrected chi connectivity index (χ2v) is 20.6. The summed E-state index contributed by atoms with van der Waals surface area (Å²) in [5.74, 6) is -2.37. The Morgan fingerprint density at radius 3 is 0.797 bits per heavy atom. The van der Waals surface area contributed by atoms with Crippen molar-refractivity contribution in [3.63, 3.8) is 0 Å². The van der Waals surface area contributed by atoms with Crippen LogP contribution in [-0.2, 0) is 67.3 Å². The van der Waals surface area contributed by atoms with Gasteiger partial charge < -0.3 is 29.9 Å². The normalized spacial score (nSPS) is 10.2. The summed E-state index contributed by atoms with van der Waals surface area (Å²) in [7, 11) is 7.36. The second kappa shape index (κ2) is 54.9. The number of esters is 2. The number of aliphatic hydroxyl groups excluding tert-OH is 1. The molecule has 0 radical (unpaired) electrons. The van der Waals surface area contributed by atoms with Crippen LogP contribution in [0.2, 0.25) is 0 Å². The summed E-state index contributed by atoms with van der Waals surface area (Å²) in [6.45, 7) is 0.862. The van der Waals surface area contributed by atoms with Crippen molar-refractivity contribution in [3.05, 3.63) is 108 Å². The van der Waals surface area contributed by atoms with E-state index in [1.165, 1.54) is 12.8 Å². The summed E-state index contributed by atoms with van der Waals surface area (Å²) in [6.07, 6.45) is 27.2. The average molecular weight is 1120 g/mol. The monoisotopic (exact) mass is 1110 g/mol. The van der Waals surface area contributed by atoms with E-state index in [2.05, 4.69) is 21.4 Å². The molecule has 0 spiro atoms. The first kappa shape index (κ1) is 71.7. The molecule has 0 aliphatic rings. The third-order valence-corrected chi connectivity index (χ3v) is 11.3. The molecule has 0 aliphatic heterocycles. The van der Waals surface area contributed by atoms with Gasteiger partial charge in [0.05, 0.1) is 6.61 Å². The van der Waals surface area contributed by atoms with Crippen LogP contribution in [0.4, 0.5) is 0 Å². The minimum atomic E-state index is -1.67. The van der Waals surface area contributed by atoms with Crippen LogP contribution in [0.15, 0.2) is 91.0 Å². The maximum atomic E-state index is 11.6. The van der Waals surface area contributed by atoms with E-state index in [1.54, 1.807) is 0 Å². The van der Waals surface area contributed by atoms with Gasteiger partial charge in [0, 0.05) is 59.9 Å². The third kappa shape index (κ3) is 60.2. The number of halogens is 3. The Morgan fingerprint density at radius 2 is 0.581 bits per heavy atom. The van der Waals surface area contributed by atoms with Crippen molar-refractivity contribution in [1.82, 2.24) is 0 Å². The van der Waals surface area contributed by atoms with Crippen LogP contribution in [-0.4, -0.2) is 59.7 Å². The Hall–Kier alpha value is -4.34. The smallest absolute Gasteiger partial charge is 0.306 e. The molecule has 0 bridgehead atoms. The number of benzene rings is 3. The molecular weight excluding hydrogens is 1030 g/mol. The van der Waals surface area contributed by atoms with Crippen molar-refractivity contribution >= 4 is 77.3 Å². The lowest BCUT2D eigenvalue weighted by atomic mass is 10.1. The van der Waals surface area contributed by atoms with Crippen molar-refractivity contribution in [1.29, 1.82) is 0 Å². The fourth-order valence-corrected chi connectivity index (χ4v) is 7.15. The summed E-state index contributed by atoms with van der Waals surface area (Å²) in [4.78, 5) is 64.6. The molecule has 0 amide bonds. The van der Waals surface area contributed by atoms with Crippen LogP contribution in [0.25, 0.3) is 0 Å². The summed E-state index contributed by atoms with van der Waals surface area (Å²) >= 11 is 5.28. The van der Waals surface area contributed by atoms with E-state index in [0.717, 1.165) is 158 Å². The number of ether oxygens (including phenoxy) is 2. The molecule has 0 atom stereocenters. The number of carboxylic acids is 3. The standard InChI is InChI=1S/C19H27ClO3.C19H28O4.C12H22O4.C7H8O.Cl2OS/c2*20-18(21)14-10-5-3-1-2-4-6-11-15-19(22)23-16-17-12-8-7-9-13-17;13-11(14)9-7-5-3-1-2-4-6-8-10-12(15)16;8-6-7-4-2-1-3-5-7;1-4(2)3/h7-9,12-13H,1-6,10-11,14-16H2;7-9,12-13H,1-6,10-11,14-16H2,(H,20,21);1-10H2,(H,13,14)(H,15,16);1-5,8H,6H2;. The van der Waals surface area contributed by atoms with E-state index in [0.29, 0.717) is 32.5 Å². The van der Waals surface area contributed by atoms with Crippen LogP contribution < -0.4 is 0 Å². The molecule has 0 heterocycles. The Balaban J connectivity index is 0. The Bertz CT molecular complexity index is 1730. The highest BCUT2D eigenvalue weighted by atomic mass is 36.0. The molecule has 418 valence electrons. The van der Waals surface area contributed by atoms with Crippen LogP contribution in [0.1, 0.15) is 209 Å². The molecular formula is C57H85Cl3O13S. The maximum absolute atomic E-state index is 11.6. The highest BCUT2D eigenvalue weighted by Gasteiger charge is 2.05. The summed E-state index contributed by atoms with van der Waals surface area (Å²) in [5, 5.41) is 33.6. The fraction of sp³-hybridized carbons (Fsp3) is 0.579. The van der Waals surface area contributed by atoms with Gasteiger partial charge in [-0.3, -0.25) is 28.8 Å². The van der Waals surface area contributed by atoms with Gasteiger partial charge in [0.25, 0.3) is 0 Å². The molecule has 3 rings (SSSR count). The van der Waals surface area contributed by atoms with E-state index in [9.17, 15) is 28.8 Å². The number of rotatable bonds is 38. The number of carboxylic acid groups (broad SMARTS) is 3. The van der Waals surface area contributed by atoms with E-state index < -0.39 is 27.1 Å². The Morgan fingerprint density at radius 1 is 0.365 bits per heavy atom. The molecule has 0 fully saturated rings. The lowest BCUT2D eigenvalue weighted by Gasteiger charge is -2.05. The van der Waals surface area contributed by atoms with Gasteiger partial charge in [0.1, 0.15) is 13.2 Å². The predicted octanol–water partition coefficient (Wildman–Crippen LogP) is 15.4. The number of hydrogen-bond donors (Lipinski definition) is 4. The molecule has 0 aliphatic carbocycles. The molecule has 0 aromatic heterocycles. The second-order valence-electron chi connectivity index (χ2n) is 17.6. The van der Waals surface area contributed by atoms with Gasteiger partial charge in [-0.15, -0.1) is 0 Å². The highest BCUT2D eigenvalue weighted by Crippen LogP contribution is 2.14. The van der Waals surface area contributed by atoms with Crippen molar-refractivity contribution in [2.75, 3.05) is 0 Å². The minimum absolute atomic E-state index is 0.111. The van der Waals surface area contributed by atoms with Gasteiger partial charge in [-0.05, 0) is 66.8 Å². The summed E-state index contributed by atoms with van der Waals surface area (Å²) in [6, 6.07) is 29.0. The number of hydrogen-bond acceptors (Lipinski definition) is 10. The summed E-state index contributed by atoms with van der Waals surface area (Å²) < 4.78 is 19.6. The lowest BCUT2D eigenvalue weighted by Crippen LogP contribution is -2.04. The molecule has 17 heteroatoms. The number of aliphatic carboxylic acids is 3. The molecule has 0 saturated carbocycles. The van der Waals surface area contributed by atoms with Gasteiger partial charge in [0.15, 0.2) is 0 Å². The van der Waals surface area contributed by atoms with Crippen molar-refractivity contribution in [2.45, 2.75) is 212 Å². The zero-order valence-electron chi connectivity index (χ0n) is 43.5. The van der Waals surface area contributed by atoms with Gasteiger partial charge in [-0.25, -0.2) is 4.21 Å². The van der Waals surface area contributed by atoms with Crippen LogP contribution >= 0.6 is 33.0 Å².